The van der Waals surface area contributed by atoms with Crippen molar-refractivity contribution in [2.45, 2.75) is 0 Å². The molecule has 2 heterocycles. The summed E-state index contributed by atoms with van der Waals surface area (Å²) in [6.45, 7) is 0. The summed E-state index contributed by atoms with van der Waals surface area (Å²) in [6, 6.07) is 0. The molecule has 8 N–H and O–H groups in total. The van der Waals surface area contributed by atoms with Crippen molar-refractivity contribution in [2.24, 2.45) is 19.4 Å². The molecule has 0 spiro atoms. The summed E-state index contributed by atoms with van der Waals surface area (Å²) in [5, 5.41) is 7.89. The predicted octanol–water partition coefficient (Wildman–Crippen LogP) is -6.57. The summed E-state index contributed by atoms with van der Waals surface area (Å²) < 4.78 is 2.88. The number of fused-ring (bicyclic) bond motifs is 1. The fourth-order valence-electron chi connectivity index (χ4n) is 1.26. The molecule has 0 aliphatic rings. The molecular formula is C7H15Cl2N7O4Pt+2. The fraction of sp³-hybridized carbons (Fsp3) is 0.286. The standard InChI is InChI=1S/C7H8N4O2.2ClH.HNO2.2H3N.Pt/c1-10-3-8-5-4(10)6(12)9-7(13)11(5)2;;;2-1-3;;;/h3H,1-2H3,(H,9,12,13);2*1H;(H,2,3);2*1H3;/q;;;;;;+4/p-2. The Kier molecular flexibility index (Phi) is 20.8. The van der Waals surface area contributed by atoms with E-state index in [9.17, 15) is 9.59 Å². The van der Waals surface area contributed by atoms with Crippen LogP contribution in [-0.2, 0) is 35.2 Å². The van der Waals surface area contributed by atoms with E-state index < -0.39 is 11.2 Å². The molecule has 0 atom stereocenters. The molecule has 0 saturated carbocycles. The first-order valence-corrected chi connectivity index (χ1v) is 4.10. The summed E-state index contributed by atoms with van der Waals surface area (Å²) in [7, 11) is 3.27. The van der Waals surface area contributed by atoms with Crippen LogP contribution in [0.3, 0.4) is 0 Å². The van der Waals surface area contributed by atoms with Crippen molar-refractivity contribution in [3.05, 3.63) is 32.1 Å². The van der Waals surface area contributed by atoms with E-state index in [-0.39, 0.29) is 58.2 Å². The molecule has 0 bridgehead atoms. The molecule has 0 radical (unpaired) electrons. The van der Waals surface area contributed by atoms with Crippen molar-refractivity contribution in [1.82, 2.24) is 31.4 Å². The number of imidazole rings is 1. The number of H-pyrrole nitrogens is 1. The topological polar surface area (TPSA) is 192 Å². The molecule has 0 amide bonds. The van der Waals surface area contributed by atoms with Gasteiger partial charge in [-0.2, -0.15) is 0 Å². The first kappa shape index (κ1) is 31.9. The van der Waals surface area contributed by atoms with Gasteiger partial charge in [0, 0.05) is 14.1 Å². The SMILES string of the molecule is Cn1cnc2c1c(=O)[nH]c(=O)n2C.N.N.O=NO.[Cl-].[Cl-].[Pt+4]. The molecule has 11 nitrogen and oxygen atoms in total. The third kappa shape index (κ3) is 6.82. The summed E-state index contributed by atoms with van der Waals surface area (Å²) in [5.74, 6) is 0. The van der Waals surface area contributed by atoms with E-state index in [1.165, 1.54) is 16.2 Å². The molecule has 2 aromatic rings. The Bertz CT molecular complexity index is 640. The number of nitrogens with zero attached hydrogens (tertiary/aromatic N) is 4. The van der Waals surface area contributed by atoms with Crippen molar-refractivity contribution in [3.63, 3.8) is 0 Å². The zero-order valence-electron chi connectivity index (χ0n) is 11.0. The summed E-state index contributed by atoms with van der Waals surface area (Å²) >= 11 is 0. The van der Waals surface area contributed by atoms with Crippen molar-refractivity contribution in [3.8, 4) is 0 Å². The second-order valence-corrected chi connectivity index (χ2v) is 2.93. The van der Waals surface area contributed by atoms with Crippen LogP contribution in [0, 0.1) is 4.91 Å². The predicted molar refractivity (Wildman–Crippen MR) is 64.2 cm³/mol. The molecule has 14 heteroatoms. The molecule has 0 aliphatic carbocycles. The monoisotopic (exact) mass is 526 g/mol. The molecule has 2 aromatic heterocycles. The average Bonchev–Trinajstić information content (AvgIpc) is 2.59. The number of rotatable bonds is 0. The van der Waals surface area contributed by atoms with E-state index in [0.717, 1.165) is 0 Å². The molecule has 0 fully saturated rings. The van der Waals surface area contributed by atoms with E-state index in [2.05, 4.69) is 9.97 Å². The van der Waals surface area contributed by atoms with E-state index in [4.69, 9.17) is 10.1 Å². The van der Waals surface area contributed by atoms with E-state index >= 15 is 0 Å². The van der Waals surface area contributed by atoms with Gasteiger partial charge in [-0.05, 0) is 0 Å². The Morgan fingerprint density at radius 1 is 1.24 bits per heavy atom. The minimum atomic E-state index is -0.448. The first-order valence-electron chi connectivity index (χ1n) is 4.10. The molecular weight excluding hydrogens is 512 g/mol. The van der Waals surface area contributed by atoms with Gasteiger partial charge in [-0.3, -0.25) is 14.3 Å². The minimum Gasteiger partial charge on any atom is -1.00 e. The third-order valence-corrected chi connectivity index (χ3v) is 1.98. The van der Waals surface area contributed by atoms with Gasteiger partial charge in [0.25, 0.3) is 5.56 Å². The Balaban J connectivity index is -0.0000000993. The number of halogens is 2. The van der Waals surface area contributed by atoms with Gasteiger partial charge in [0.1, 0.15) is 0 Å². The second-order valence-electron chi connectivity index (χ2n) is 2.93. The van der Waals surface area contributed by atoms with Crippen LogP contribution in [-0.4, -0.2) is 24.3 Å². The maximum atomic E-state index is 11.3. The van der Waals surface area contributed by atoms with Crippen LogP contribution >= 0.6 is 0 Å². The van der Waals surface area contributed by atoms with E-state index in [1.54, 1.807) is 18.7 Å². The number of aromatic nitrogens is 4. The van der Waals surface area contributed by atoms with Crippen molar-refractivity contribution in [1.29, 1.82) is 0 Å². The van der Waals surface area contributed by atoms with Crippen LogP contribution in [0.5, 0.6) is 0 Å². The molecule has 0 saturated heterocycles. The van der Waals surface area contributed by atoms with Gasteiger partial charge >= 0.3 is 26.8 Å². The summed E-state index contributed by atoms with van der Waals surface area (Å²) in [5.41, 5.74) is -0.0485. The second kappa shape index (κ2) is 13.7. The van der Waals surface area contributed by atoms with E-state index in [1.807, 2.05) is 0 Å². The van der Waals surface area contributed by atoms with Gasteiger partial charge in [-0.25, -0.2) is 9.78 Å². The molecule has 0 aromatic carbocycles. The third-order valence-electron chi connectivity index (χ3n) is 1.98. The van der Waals surface area contributed by atoms with Gasteiger partial charge in [-0.1, -0.05) is 0 Å². The van der Waals surface area contributed by atoms with Crippen molar-refractivity contribution in [2.75, 3.05) is 0 Å². The Morgan fingerprint density at radius 3 is 2.10 bits per heavy atom. The average molecular weight is 527 g/mol. The number of aryl methyl sites for hydroxylation is 2. The van der Waals surface area contributed by atoms with Crippen LogP contribution in [0.1, 0.15) is 0 Å². The van der Waals surface area contributed by atoms with Gasteiger partial charge < -0.3 is 46.9 Å². The molecule has 21 heavy (non-hydrogen) atoms. The van der Waals surface area contributed by atoms with Crippen LogP contribution in [0.4, 0.5) is 0 Å². The molecule has 2 rings (SSSR count). The number of nitrogens with one attached hydrogen (secondary N) is 1. The summed E-state index contributed by atoms with van der Waals surface area (Å²) in [6.07, 6.45) is 1.50. The number of hydrogen-bond acceptors (Lipinski definition) is 7. The Labute approximate surface area is 145 Å². The first-order chi connectivity index (χ1) is 7.52. The molecule has 0 aliphatic heterocycles. The van der Waals surface area contributed by atoms with E-state index in [0.29, 0.717) is 11.2 Å². The number of hydrogen-bond donors (Lipinski definition) is 4. The summed E-state index contributed by atoms with van der Waals surface area (Å²) in [4.78, 5) is 36.7. The largest absolute Gasteiger partial charge is 4.00 e. The van der Waals surface area contributed by atoms with Crippen LogP contribution in [0.2, 0.25) is 0 Å². The smallest absolute Gasteiger partial charge is 1.00 e. The normalized spacial score (nSPS) is 7.33. The van der Waals surface area contributed by atoms with Crippen molar-refractivity contribution >= 4 is 11.2 Å². The van der Waals surface area contributed by atoms with Crippen molar-refractivity contribution < 1.29 is 51.1 Å². The van der Waals surface area contributed by atoms with Crippen LogP contribution < -0.4 is 48.4 Å². The molecule has 0 unspecified atom stereocenters. The van der Waals surface area contributed by atoms with Gasteiger partial charge in [0.15, 0.2) is 16.5 Å². The Morgan fingerprint density at radius 2 is 1.67 bits per heavy atom. The van der Waals surface area contributed by atoms with Gasteiger partial charge in [-0.15, -0.1) is 4.91 Å². The maximum absolute atomic E-state index is 11.3. The van der Waals surface area contributed by atoms with Gasteiger partial charge in [0.2, 0.25) is 0 Å². The zero-order valence-corrected chi connectivity index (χ0v) is 14.8. The van der Waals surface area contributed by atoms with Gasteiger partial charge in [0.05, 0.1) is 6.33 Å². The Hall–Kier alpha value is -1.26. The zero-order chi connectivity index (χ0) is 12.3. The van der Waals surface area contributed by atoms with Crippen LogP contribution in [0.15, 0.2) is 21.3 Å². The quantitative estimate of drug-likeness (QED) is 0.193. The fourth-order valence-corrected chi connectivity index (χ4v) is 1.26. The van der Waals surface area contributed by atoms with Crippen LogP contribution in [0.25, 0.3) is 11.2 Å². The molecule has 124 valence electrons. The minimum absolute atomic E-state index is 0. The maximum Gasteiger partial charge on any atom is 4.00 e. The number of aromatic amines is 1.